The predicted molar refractivity (Wildman–Crippen MR) is 171 cm³/mol. The highest BCUT2D eigenvalue weighted by Crippen LogP contribution is 2.39. The smallest absolute Gasteiger partial charge is 0.383 e. The standard InChI is InChI=1S/C35H32F4N6O4/c1-2-45-30(42-25-9-4-3-5-10-25)27(29(41)44-33(48)34(20-40)15-17-49-18-16-34)26(21-11-13-24(36)14-12-21)28(32(45)47)43-31(46)22-7-6-8-23(19-22)35(37,38)39/h3-14,19,26,28,42H,2,15-18H2,1H3,(H,43,46)(H2,41,44,48). The zero-order valence-corrected chi connectivity index (χ0v) is 26.3. The number of benzene rings is 3. The molecule has 3 aromatic rings. The van der Waals surface area contributed by atoms with Gasteiger partial charge in [-0.3, -0.25) is 19.3 Å². The Morgan fingerprint density at radius 2 is 1.73 bits per heavy atom. The van der Waals surface area contributed by atoms with Gasteiger partial charge in [-0.15, -0.1) is 0 Å². The number of alkyl halides is 3. The van der Waals surface area contributed by atoms with Crippen molar-refractivity contribution in [3.05, 3.63) is 113 Å². The highest BCUT2D eigenvalue weighted by atomic mass is 19.4. The predicted octanol–water partition coefficient (Wildman–Crippen LogP) is 5.12. The fraction of sp³-hybridized carbons (Fsp3) is 0.286. The molecule has 2 aliphatic rings. The third-order valence-corrected chi connectivity index (χ3v) is 8.49. The Labute approximate surface area is 279 Å². The molecule has 254 valence electrons. The highest BCUT2D eigenvalue weighted by molar-refractivity contribution is 6.10. The van der Waals surface area contributed by atoms with Crippen molar-refractivity contribution in [3.8, 4) is 6.07 Å². The number of amides is 3. The molecule has 4 N–H and O–H groups in total. The Balaban J connectivity index is 1.70. The van der Waals surface area contributed by atoms with Gasteiger partial charge < -0.3 is 21.1 Å². The molecule has 2 aliphatic heterocycles. The second-order valence-corrected chi connectivity index (χ2v) is 11.5. The monoisotopic (exact) mass is 676 g/mol. The molecule has 14 heteroatoms. The molecule has 0 aromatic heterocycles. The number of nitrogens with zero attached hydrogens (tertiary/aromatic N) is 3. The number of anilines is 1. The van der Waals surface area contributed by atoms with Crippen molar-refractivity contribution in [1.29, 1.82) is 5.26 Å². The summed E-state index contributed by atoms with van der Waals surface area (Å²) in [4.78, 5) is 47.0. The fourth-order valence-electron chi connectivity index (χ4n) is 5.87. The SMILES string of the molecule is CCN1C(=O)C(NC(=O)c2cccc(C(F)(F)F)c2)C(c2ccc(F)cc2)C(C(N)=NC(=O)C2(C#N)CCOCC2)=C1Nc1ccccc1. The molecule has 3 amide bonds. The molecule has 0 aliphatic carbocycles. The summed E-state index contributed by atoms with van der Waals surface area (Å²) in [5.41, 5.74) is 4.54. The van der Waals surface area contributed by atoms with Crippen molar-refractivity contribution in [1.82, 2.24) is 10.2 Å². The number of likely N-dealkylation sites (N-methyl/N-ethyl adjacent to an activating group) is 1. The Morgan fingerprint density at radius 1 is 1.06 bits per heavy atom. The highest BCUT2D eigenvalue weighted by Gasteiger charge is 2.46. The van der Waals surface area contributed by atoms with Crippen molar-refractivity contribution in [3.63, 3.8) is 0 Å². The van der Waals surface area contributed by atoms with Crippen molar-refractivity contribution in [2.45, 2.75) is 37.9 Å². The summed E-state index contributed by atoms with van der Waals surface area (Å²) >= 11 is 0. The van der Waals surface area contributed by atoms with Crippen LogP contribution in [-0.4, -0.2) is 54.3 Å². The molecule has 2 unspecified atom stereocenters. The lowest BCUT2D eigenvalue weighted by molar-refractivity contribution is -0.137. The Bertz CT molecular complexity index is 1830. The van der Waals surface area contributed by atoms with Gasteiger partial charge in [0.1, 0.15) is 28.9 Å². The third kappa shape index (κ3) is 7.31. The van der Waals surface area contributed by atoms with Crippen LogP contribution >= 0.6 is 0 Å². The normalized spacial score (nSPS) is 19.6. The van der Waals surface area contributed by atoms with Gasteiger partial charge in [0.2, 0.25) is 0 Å². The van der Waals surface area contributed by atoms with Crippen molar-refractivity contribution >= 4 is 29.2 Å². The van der Waals surface area contributed by atoms with Crippen LogP contribution in [0, 0.1) is 22.6 Å². The van der Waals surface area contributed by atoms with E-state index in [1.54, 1.807) is 37.3 Å². The van der Waals surface area contributed by atoms with Crippen LogP contribution in [0.3, 0.4) is 0 Å². The lowest BCUT2D eigenvalue weighted by Crippen LogP contribution is -2.57. The minimum absolute atomic E-state index is 0.0181. The van der Waals surface area contributed by atoms with Crippen molar-refractivity contribution in [2.24, 2.45) is 16.1 Å². The Morgan fingerprint density at radius 3 is 2.35 bits per heavy atom. The maximum absolute atomic E-state index is 14.3. The fourth-order valence-corrected chi connectivity index (χ4v) is 5.87. The van der Waals surface area contributed by atoms with Crippen molar-refractivity contribution in [2.75, 3.05) is 25.1 Å². The first kappa shape index (κ1) is 34.8. The number of para-hydroxylation sites is 1. The van der Waals surface area contributed by atoms with Crippen LogP contribution in [0.2, 0.25) is 0 Å². The van der Waals surface area contributed by atoms with Gasteiger partial charge in [-0.1, -0.05) is 36.4 Å². The molecule has 1 fully saturated rings. The van der Waals surface area contributed by atoms with Crippen molar-refractivity contribution < 1.29 is 36.7 Å². The van der Waals surface area contributed by atoms with E-state index in [2.05, 4.69) is 21.7 Å². The number of aliphatic imine (C=N–C) groups is 1. The summed E-state index contributed by atoms with van der Waals surface area (Å²) in [6, 6.07) is 17.9. The molecule has 2 heterocycles. The van der Waals surface area contributed by atoms with Gasteiger partial charge in [-0.2, -0.15) is 23.4 Å². The van der Waals surface area contributed by atoms with Gasteiger partial charge in [0, 0.05) is 42.5 Å². The van der Waals surface area contributed by atoms with Crippen LogP contribution in [0.25, 0.3) is 0 Å². The zero-order chi connectivity index (χ0) is 35.3. The first-order valence-corrected chi connectivity index (χ1v) is 15.4. The number of carbonyl (C=O) groups excluding carboxylic acids is 3. The zero-order valence-electron chi connectivity index (χ0n) is 26.3. The number of nitrogens with two attached hydrogens (primary N) is 1. The average Bonchev–Trinajstić information content (AvgIpc) is 3.10. The van der Waals surface area contributed by atoms with Gasteiger partial charge in [-0.05, 0) is 67.8 Å². The summed E-state index contributed by atoms with van der Waals surface area (Å²) < 4.78 is 60.0. The van der Waals surface area contributed by atoms with Gasteiger partial charge in [0.05, 0.1) is 11.6 Å². The van der Waals surface area contributed by atoms with E-state index in [-0.39, 0.29) is 61.0 Å². The maximum atomic E-state index is 14.3. The van der Waals surface area contributed by atoms with E-state index < -0.39 is 52.7 Å². The molecule has 1 saturated heterocycles. The van der Waals surface area contributed by atoms with Crippen LogP contribution in [-0.2, 0) is 20.5 Å². The van der Waals surface area contributed by atoms with Crippen LogP contribution in [0.4, 0.5) is 23.2 Å². The van der Waals surface area contributed by atoms with E-state index in [1.165, 1.54) is 23.1 Å². The van der Waals surface area contributed by atoms with E-state index in [0.29, 0.717) is 11.8 Å². The van der Waals surface area contributed by atoms with E-state index in [9.17, 15) is 37.2 Å². The number of rotatable bonds is 8. The number of nitrogens with one attached hydrogen (secondary N) is 2. The van der Waals surface area contributed by atoms with Crippen LogP contribution in [0.15, 0.2) is 95.2 Å². The summed E-state index contributed by atoms with van der Waals surface area (Å²) in [7, 11) is 0. The van der Waals surface area contributed by atoms with Gasteiger partial charge in [0.15, 0.2) is 0 Å². The largest absolute Gasteiger partial charge is 0.416 e. The molecule has 49 heavy (non-hydrogen) atoms. The molecular weight excluding hydrogens is 644 g/mol. The van der Waals surface area contributed by atoms with E-state index in [4.69, 9.17) is 10.5 Å². The number of nitriles is 1. The molecule has 0 radical (unpaired) electrons. The average molecular weight is 677 g/mol. The number of hydrogen-bond acceptors (Lipinski definition) is 6. The molecular formula is C35H32F4N6O4. The first-order chi connectivity index (χ1) is 23.4. The van der Waals surface area contributed by atoms with Gasteiger partial charge in [0.25, 0.3) is 17.7 Å². The van der Waals surface area contributed by atoms with E-state index in [1.807, 2.05) is 0 Å². The lowest BCUT2D eigenvalue weighted by Gasteiger charge is -2.41. The van der Waals surface area contributed by atoms with Crippen LogP contribution in [0.1, 0.15) is 47.2 Å². The van der Waals surface area contributed by atoms with Crippen LogP contribution in [0.5, 0.6) is 0 Å². The molecule has 0 bridgehead atoms. The quantitative estimate of drug-likeness (QED) is 0.170. The summed E-state index contributed by atoms with van der Waals surface area (Å²) in [5.74, 6) is -4.62. The first-order valence-electron chi connectivity index (χ1n) is 15.4. The maximum Gasteiger partial charge on any atom is 0.416 e. The summed E-state index contributed by atoms with van der Waals surface area (Å²) in [6.45, 7) is 1.97. The number of hydrogen-bond donors (Lipinski definition) is 3. The second kappa shape index (κ2) is 14.3. The van der Waals surface area contributed by atoms with Crippen LogP contribution < -0.4 is 16.4 Å². The number of carbonyl (C=O) groups is 3. The summed E-state index contributed by atoms with van der Waals surface area (Å²) in [5, 5.41) is 15.8. The minimum atomic E-state index is -4.73. The molecule has 0 saturated carbocycles. The number of amidine groups is 1. The Kier molecular flexibility index (Phi) is 10.1. The number of halogens is 4. The molecule has 3 aromatic carbocycles. The third-order valence-electron chi connectivity index (χ3n) is 8.49. The lowest BCUT2D eigenvalue weighted by atomic mass is 9.79. The van der Waals surface area contributed by atoms with Gasteiger partial charge >= 0.3 is 6.18 Å². The molecule has 10 nitrogen and oxygen atoms in total. The van der Waals surface area contributed by atoms with E-state index >= 15 is 0 Å². The molecule has 2 atom stereocenters. The molecule has 5 rings (SSSR count). The second-order valence-electron chi connectivity index (χ2n) is 11.5. The minimum Gasteiger partial charge on any atom is -0.383 e. The van der Waals surface area contributed by atoms with E-state index in [0.717, 1.165) is 24.3 Å². The summed E-state index contributed by atoms with van der Waals surface area (Å²) in [6.07, 6.45) is -4.59. The van der Waals surface area contributed by atoms with Gasteiger partial charge in [-0.25, -0.2) is 4.39 Å². The molecule has 0 spiro atoms. The number of ether oxygens (including phenoxy) is 1. The Hall–Kier alpha value is -5.55. The topological polar surface area (TPSA) is 150 Å².